The molecule has 1 amide bonds. The lowest BCUT2D eigenvalue weighted by Crippen LogP contribution is -2.38. The molecule has 2 N–H and O–H groups in total. The van der Waals surface area contributed by atoms with Crippen molar-refractivity contribution in [2.75, 3.05) is 26.7 Å². The number of amides is 1. The first kappa shape index (κ1) is 20.3. The number of hydrogen-bond acceptors (Lipinski definition) is 4. The smallest absolute Gasteiger partial charge is 0.287 e. The first-order valence-electron chi connectivity index (χ1n) is 8.57. The van der Waals surface area contributed by atoms with Crippen LogP contribution in [-0.4, -0.2) is 43.4 Å². The highest BCUT2D eigenvalue weighted by molar-refractivity contribution is 7.16. The molecule has 0 radical (unpaired) electrons. The molecule has 2 rings (SSSR count). The van der Waals surface area contributed by atoms with Gasteiger partial charge in [-0.15, -0.1) is 11.3 Å². The molecule has 8 heteroatoms. The summed E-state index contributed by atoms with van der Waals surface area (Å²) in [4.78, 5) is 19.8. The second kappa shape index (κ2) is 10.2. The predicted octanol–water partition coefficient (Wildman–Crippen LogP) is 3.52. The summed E-state index contributed by atoms with van der Waals surface area (Å²) in [5, 5.41) is 6.14. The lowest BCUT2D eigenvalue weighted by molar-refractivity contribution is 0.0925. The molecule has 2 aromatic rings. The highest BCUT2D eigenvalue weighted by Crippen LogP contribution is 2.22. The third kappa shape index (κ3) is 6.07. The van der Waals surface area contributed by atoms with Crippen LogP contribution in [0.5, 0.6) is 0 Å². The largest absolute Gasteiger partial charge is 0.459 e. The Hall–Kier alpha value is -1.99. The average Bonchev–Trinajstić information content (AvgIpc) is 3.21. The molecule has 2 aromatic heterocycles. The maximum atomic E-state index is 12.0. The Morgan fingerprint density at radius 1 is 1.35 bits per heavy atom. The second-order valence-electron chi connectivity index (χ2n) is 5.84. The minimum Gasteiger partial charge on any atom is -0.459 e. The number of nitrogens with zero attached hydrogens (tertiary/aromatic N) is 2. The summed E-state index contributed by atoms with van der Waals surface area (Å²) in [6.07, 6.45) is 2.27. The van der Waals surface area contributed by atoms with Gasteiger partial charge in [-0.25, -0.2) is 0 Å². The molecule has 0 fully saturated rings. The van der Waals surface area contributed by atoms with E-state index in [1.165, 1.54) is 11.1 Å². The number of carbonyl (C=O) groups excluding carboxylic acids is 1. The van der Waals surface area contributed by atoms with Gasteiger partial charge in [-0.1, -0.05) is 11.6 Å². The van der Waals surface area contributed by atoms with Crippen LogP contribution in [0.1, 0.15) is 34.3 Å². The number of furan rings is 1. The zero-order chi connectivity index (χ0) is 18.9. The van der Waals surface area contributed by atoms with Gasteiger partial charge in [0.05, 0.1) is 17.1 Å². The van der Waals surface area contributed by atoms with E-state index < -0.39 is 0 Å². The normalized spacial score (nSPS) is 11.5. The van der Waals surface area contributed by atoms with Crippen molar-refractivity contribution in [2.24, 2.45) is 4.99 Å². The van der Waals surface area contributed by atoms with Crippen LogP contribution in [0.25, 0.3) is 0 Å². The fraction of sp³-hybridized carbons (Fsp3) is 0.444. The van der Waals surface area contributed by atoms with Crippen LogP contribution in [0.15, 0.2) is 33.9 Å². The van der Waals surface area contributed by atoms with Gasteiger partial charge in [0.2, 0.25) is 0 Å². The molecule has 0 saturated carbocycles. The Bertz CT molecular complexity index is 741. The van der Waals surface area contributed by atoms with Gasteiger partial charge in [0.15, 0.2) is 11.7 Å². The summed E-state index contributed by atoms with van der Waals surface area (Å²) in [5.74, 6) is 1.02. The van der Waals surface area contributed by atoms with Crippen molar-refractivity contribution in [3.63, 3.8) is 0 Å². The first-order valence-corrected chi connectivity index (χ1v) is 9.76. The number of carbonyl (C=O) groups is 1. The number of halogens is 1. The Labute approximate surface area is 163 Å². The SMILES string of the molecule is CCNC(=NCCCNC(=O)c1occc1C)N(C)Cc1ccc(Cl)s1. The van der Waals surface area contributed by atoms with E-state index in [1.54, 1.807) is 17.4 Å². The van der Waals surface area contributed by atoms with Crippen molar-refractivity contribution in [3.05, 3.63) is 45.0 Å². The summed E-state index contributed by atoms with van der Waals surface area (Å²) in [6, 6.07) is 5.71. The van der Waals surface area contributed by atoms with Crippen LogP contribution in [-0.2, 0) is 6.54 Å². The fourth-order valence-electron chi connectivity index (χ4n) is 2.37. The van der Waals surface area contributed by atoms with Gasteiger partial charge in [0.25, 0.3) is 5.91 Å². The van der Waals surface area contributed by atoms with Crippen LogP contribution in [0, 0.1) is 6.92 Å². The van der Waals surface area contributed by atoms with E-state index in [0.717, 1.165) is 35.4 Å². The fourth-order valence-corrected chi connectivity index (χ4v) is 3.51. The van der Waals surface area contributed by atoms with Crippen molar-refractivity contribution in [1.29, 1.82) is 0 Å². The van der Waals surface area contributed by atoms with Crippen LogP contribution >= 0.6 is 22.9 Å². The number of rotatable bonds is 8. The van der Waals surface area contributed by atoms with Crippen molar-refractivity contribution in [1.82, 2.24) is 15.5 Å². The van der Waals surface area contributed by atoms with Gasteiger partial charge < -0.3 is 20.0 Å². The molecule has 26 heavy (non-hydrogen) atoms. The third-order valence-corrected chi connectivity index (χ3v) is 4.88. The maximum absolute atomic E-state index is 12.0. The first-order chi connectivity index (χ1) is 12.5. The minimum absolute atomic E-state index is 0.185. The molecular formula is C18H25ClN4O2S. The van der Waals surface area contributed by atoms with E-state index in [1.807, 2.05) is 33.0 Å². The number of nitrogens with one attached hydrogen (secondary N) is 2. The molecule has 0 aliphatic rings. The van der Waals surface area contributed by atoms with Crippen LogP contribution < -0.4 is 10.6 Å². The molecule has 0 bridgehead atoms. The number of guanidine groups is 1. The number of thiophene rings is 1. The minimum atomic E-state index is -0.185. The zero-order valence-corrected chi connectivity index (χ0v) is 16.9. The molecule has 2 heterocycles. The summed E-state index contributed by atoms with van der Waals surface area (Å²) < 4.78 is 5.97. The van der Waals surface area contributed by atoms with Gasteiger partial charge in [0, 0.05) is 37.1 Å². The van der Waals surface area contributed by atoms with Crippen LogP contribution in [0.3, 0.4) is 0 Å². The van der Waals surface area contributed by atoms with Crippen LogP contribution in [0.2, 0.25) is 4.34 Å². The molecule has 0 spiro atoms. The summed E-state index contributed by atoms with van der Waals surface area (Å²) in [7, 11) is 2.00. The Morgan fingerprint density at radius 2 is 2.15 bits per heavy atom. The van der Waals surface area contributed by atoms with Crippen LogP contribution in [0.4, 0.5) is 0 Å². The second-order valence-corrected chi connectivity index (χ2v) is 7.64. The lowest BCUT2D eigenvalue weighted by Gasteiger charge is -2.21. The number of aliphatic imine (C=N–C) groups is 1. The zero-order valence-electron chi connectivity index (χ0n) is 15.3. The highest BCUT2D eigenvalue weighted by Gasteiger charge is 2.11. The molecule has 6 nitrogen and oxygen atoms in total. The summed E-state index contributed by atoms with van der Waals surface area (Å²) in [5.41, 5.74) is 0.838. The lowest BCUT2D eigenvalue weighted by atomic mass is 10.2. The number of aryl methyl sites for hydroxylation is 1. The van der Waals surface area contributed by atoms with Gasteiger partial charge >= 0.3 is 0 Å². The van der Waals surface area contributed by atoms with Crippen molar-refractivity contribution < 1.29 is 9.21 Å². The maximum Gasteiger partial charge on any atom is 0.287 e. The molecule has 142 valence electrons. The van der Waals surface area contributed by atoms with E-state index >= 15 is 0 Å². The van der Waals surface area contributed by atoms with Gasteiger partial charge in [-0.05, 0) is 38.5 Å². The molecular weight excluding hydrogens is 372 g/mol. The molecule has 0 saturated heterocycles. The van der Waals surface area contributed by atoms with E-state index in [4.69, 9.17) is 16.0 Å². The molecule has 0 atom stereocenters. The van der Waals surface area contributed by atoms with Gasteiger partial charge in [-0.2, -0.15) is 0 Å². The number of hydrogen-bond donors (Lipinski definition) is 2. The average molecular weight is 397 g/mol. The van der Waals surface area contributed by atoms with E-state index in [2.05, 4.69) is 20.5 Å². The van der Waals surface area contributed by atoms with Gasteiger partial charge in [-0.3, -0.25) is 9.79 Å². The monoisotopic (exact) mass is 396 g/mol. The third-order valence-electron chi connectivity index (χ3n) is 3.67. The topological polar surface area (TPSA) is 69.9 Å². The Balaban J connectivity index is 1.79. The summed E-state index contributed by atoms with van der Waals surface area (Å²) in [6.45, 7) is 6.60. The molecule has 0 unspecified atom stereocenters. The quantitative estimate of drug-likeness (QED) is 0.407. The van der Waals surface area contributed by atoms with Crippen molar-refractivity contribution in [2.45, 2.75) is 26.8 Å². The van der Waals surface area contributed by atoms with E-state index in [0.29, 0.717) is 18.8 Å². The van der Waals surface area contributed by atoms with E-state index in [-0.39, 0.29) is 5.91 Å². The van der Waals surface area contributed by atoms with Gasteiger partial charge in [0.1, 0.15) is 0 Å². The Morgan fingerprint density at radius 3 is 2.77 bits per heavy atom. The van der Waals surface area contributed by atoms with Crippen molar-refractivity contribution in [3.8, 4) is 0 Å². The molecule has 0 aliphatic carbocycles. The predicted molar refractivity (Wildman–Crippen MR) is 107 cm³/mol. The molecule has 0 aliphatic heterocycles. The molecule has 0 aromatic carbocycles. The summed E-state index contributed by atoms with van der Waals surface area (Å²) >= 11 is 7.56. The Kier molecular flexibility index (Phi) is 8.00. The van der Waals surface area contributed by atoms with E-state index in [9.17, 15) is 4.79 Å². The highest BCUT2D eigenvalue weighted by atomic mass is 35.5. The van der Waals surface area contributed by atoms with Crippen molar-refractivity contribution >= 4 is 34.8 Å². The standard InChI is InChI=1S/C18H25ClN4O2S/c1-4-20-18(23(3)12-14-6-7-15(19)26-14)22-10-5-9-21-17(24)16-13(2)8-11-25-16/h6-8,11H,4-5,9-10,12H2,1-3H3,(H,20,22)(H,21,24).